The Morgan fingerprint density at radius 1 is 1.07 bits per heavy atom. The summed E-state index contributed by atoms with van der Waals surface area (Å²) in [5.74, 6) is 0.586. The molecule has 1 aromatic heterocycles. The molecule has 2 N–H and O–H groups in total. The van der Waals surface area contributed by atoms with Crippen LogP contribution < -0.4 is 4.74 Å². The first-order valence-corrected chi connectivity index (χ1v) is 15.5. The number of hydrogen-bond donors (Lipinski definition) is 2. The number of benzene rings is 3. The zero-order valence-electron chi connectivity index (χ0n) is 23.4. The van der Waals surface area contributed by atoms with Crippen LogP contribution >= 0.6 is 23.4 Å². The van der Waals surface area contributed by atoms with Gasteiger partial charge < -0.3 is 14.9 Å². The summed E-state index contributed by atoms with van der Waals surface area (Å²) >= 11 is 7.87. The van der Waals surface area contributed by atoms with Crippen LogP contribution in [0.1, 0.15) is 60.7 Å². The van der Waals surface area contributed by atoms with Crippen LogP contribution in [0.25, 0.3) is 10.9 Å². The van der Waals surface area contributed by atoms with Crippen LogP contribution in [0.2, 0.25) is 5.02 Å². The van der Waals surface area contributed by atoms with Gasteiger partial charge >= 0.3 is 5.97 Å². The molecule has 0 radical (unpaired) electrons. The van der Waals surface area contributed by atoms with Crippen LogP contribution in [0.4, 0.5) is 0 Å². The summed E-state index contributed by atoms with van der Waals surface area (Å²) in [4.78, 5) is 16.7. The van der Waals surface area contributed by atoms with Gasteiger partial charge in [0.2, 0.25) is 0 Å². The van der Waals surface area contributed by atoms with E-state index >= 15 is 0 Å². The number of carboxylic acid groups (broad SMARTS) is 1. The van der Waals surface area contributed by atoms with Crippen LogP contribution in [-0.2, 0) is 23.4 Å². The van der Waals surface area contributed by atoms with Crippen molar-refractivity contribution < 1.29 is 19.7 Å². The zero-order valence-corrected chi connectivity index (χ0v) is 25.0. The van der Waals surface area contributed by atoms with E-state index in [-0.39, 0.29) is 17.1 Å². The van der Waals surface area contributed by atoms with Crippen molar-refractivity contribution in [1.29, 1.82) is 0 Å². The number of thioether (sulfide) groups is 1. The highest BCUT2D eigenvalue weighted by atomic mass is 35.5. The highest BCUT2D eigenvalue weighted by Gasteiger charge is 2.36. The number of fused-ring (bicyclic) bond motifs is 1. The molecule has 0 saturated heterocycles. The molecule has 1 fully saturated rings. The van der Waals surface area contributed by atoms with Gasteiger partial charge in [0.25, 0.3) is 0 Å². The smallest absolute Gasteiger partial charge is 0.307 e. The highest BCUT2D eigenvalue weighted by Crippen LogP contribution is 2.43. The van der Waals surface area contributed by atoms with E-state index in [9.17, 15) is 15.0 Å². The third kappa shape index (κ3) is 7.82. The highest BCUT2D eigenvalue weighted by molar-refractivity contribution is 7.99. The summed E-state index contributed by atoms with van der Waals surface area (Å²) in [6.45, 7) is 3.95. The third-order valence-electron chi connectivity index (χ3n) is 7.67. The van der Waals surface area contributed by atoms with Crippen molar-refractivity contribution in [3.63, 3.8) is 0 Å². The molecule has 0 aliphatic heterocycles. The van der Waals surface area contributed by atoms with Gasteiger partial charge in [-0.25, -0.2) is 4.98 Å². The number of nitrogens with zero attached hydrogens (tertiary/aromatic N) is 1. The Bertz CT molecular complexity index is 1510. The van der Waals surface area contributed by atoms with Gasteiger partial charge in [0.15, 0.2) is 0 Å². The number of carboxylic acids is 1. The van der Waals surface area contributed by atoms with Gasteiger partial charge in [-0.2, -0.15) is 11.8 Å². The average Bonchev–Trinajstić information content (AvgIpc) is 3.78. The fraction of sp³-hybridized carbons (Fsp3) is 0.353. The maximum Gasteiger partial charge on any atom is 0.307 e. The lowest BCUT2D eigenvalue weighted by Gasteiger charge is -2.24. The molecule has 2 atom stereocenters. The summed E-state index contributed by atoms with van der Waals surface area (Å²) < 4.78 is 6.17. The molecule has 1 aliphatic carbocycles. The second-order valence-electron chi connectivity index (χ2n) is 11.4. The number of aliphatic hydroxyl groups is 1. The first kappa shape index (κ1) is 29.4. The predicted molar refractivity (Wildman–Crippen MR) is 167 cm³/mol. The lowest BCUT2D eigenvalue weighted by molar-refractivity contribution is -0.141. The summed E-state index contributed by atoms with van der Waals surface area (Å²) in [7, 11) is 0. The summed E-state index contributed by atoms with van der Waals surface area (Å²) in [6, 6.07) is 25.7. The number of hydrogen-bond acceptors (Lipinski definition) is 5. The zero-order chi connectivity index (χ0) is 29.0. The van der Waals surface area contributed by atoms with Crippen molar-refractivity contribution in [2.75, 3.05) is 5.75 Å². The van der Waals surface area contributed by atoms with E-state index in [4.69, 9.17) is 21.3 Å². The van der Waals surface area contributed by atoms with E-state index in [0.717, 1.165) is 64.7 Å². The Morgan fingerprint density at radius 2 is 1.85 bits per heavy atom. The van der Waals surface area contributed by atoms with Gasteiger partial charge in [-0.05, 0) is 92.5 Å². The van der Waals surface area contributed by atoms with Gasteiger partial charge in [0, 0.05) is 21.4 Å². The fourth-order valence-corrected chi connectivity index (χ4v) is 6.91. The monoisotopic (exact) mass is 589 g/mol. The molecule has 3 aromatic carbocycles. The number of ether oxygens (including phenoxy) is 1. The van der Waals surface area contributed by atoms with Gasteiger partial charge in [-0.3, -0.25) is 4.79 Å². The maximum absolute atomic E-state index is 12.0. The van der Waals surface area contributed by atoms with Crippen LogP contribution in [0.15, 0.2) is 78.9 Å². The van der Waals surface area contributed by atoms with Crippen LogP contribution in [0.5, 0.6) is 5.75 Å². The Balaban J connectivity index is 1.33. The van der Waals surface area contributed by atoms with Crippen molar-refractivity contribution in [2.45, 2.75) is 57.0 Å². The molecule has 1 heterocycles. The number of pyridine rings is 1. The first-order chi connectivity index (χ1) is 19.7. The predicted octanol–water partition coefficient (Wildman–Crippen LogP) is 8.21. The lowest BCUT2D eigenvalue weighted by Crippen LogP contribution is -2.19. The van der Waals surface area contributed by atoms with Gasteiger partial charge in [-0.1, -0.05) is 60.1 Å². The van der Waals surface area contributed by atoms with E-state index in [1.54, 1.807) is 11.8 Å². The minimum atomic E-state index is -0.935. The molecule has 0 bridgehead atoms. The first-order valence-electron chi connectivity index (χ1n) is 14.1. The van der Waals surface area contributed by atoms with Crippen LogP contribution in [0, 0.1) is 11.8 Å². The Labute approximate surface area is 250 Å². The maximum atomic E-state index is 12.0. The third-order valence-corrected chi connectivity index (χ3v) is 9.36. The Morgan fingerprint density at radius 3 is 2.61 bits per heavy atom. The largest absolute Gasteiger partial charge is 0.487 e. The molecule has 7 heteroatoms. The number of rotatable bonds is 13. The van der Waals surface area contributed by atoms with Crippen molar-refractivity contribution >= 4 is 40.2 Å². The quantitative estimate of drug-likeness (QED) is 0.164. The molecule has 5 rings (SSSR count). The molecule has 214 valence electrons. The summed E-state index contributed by atoms with van der Waals surface area (Å²) in [5, 5.41) is 22.3. The minimum Gasteiger partial charge on any atom is -0.487 e. The summed E-state index contributed by atoms with van der Waals surface area (Å²) in [5.41, 5.74) is 3.84. The Hall–Kier alpha value is -3.06. The van der Waals surface area contributed by atoms with E-state index in [2.05, 4.69) is 18.2 Å². The molecule has 1 saturated carbocycles. The van der Waals surface area contributed by atoms with E-state index < -0.39 is 11.6 Å². The van der Waals surface area contributed by atoms with Crippen molar-refractivity contribution in [3.8, 4) is 5.75 Å². The topological polar surface area (TPSA) is 79.7 Å². The van der Waals surface area contributed by atoms with E-state index in [1.165, 1.54) is 0 Å². The van der Waals surface area contributed by atoms with Crippen LogP contribution in [0.3, 0.4) is 0 Å². The summed E-state index contributed by atoms with van der Waals surface area (Å²) in [6.07, 6.45) is 3.58. The number of carbonyl (C=O) groups is 1. The lowest BCUT2D eigenvalue weighted by atomic mass is 9.90. The standard InChI is InChI=1S/C34H36ClNO4S/c1-34(2,39)30-9-4-3-6-23(30)14-17-32(41-21-29(33(37)38)22-10-11-22)25-7-5-8-28(18-25)40-20-27-16-13-24-12-15-26(35)19-31(24)36-27/h3-9,12-13,15-16,18-19,22,29,32,39H,10-11,14,17,20-21H2,1-2H3,(H,37,38). The normalized spacial score (nSPS) is 15.0. The van der Waals surface area contributed by atoms with E-state index in [1.807, 2.05) is 74.5 Å². The second kappa shape index (κ2) is 12.8. The molecular weight excluding hydrogens is 554 g/mol. The molecule has 2 unspecified atom stereocenters. The van der Waals surface area contributed by atoms with Crippen molar-refractivity contribution in [1.82, 2.24) is 4.98 Å². The fourth-order valence-electron chi connectivity index (χ4n) is 5.27. The van der Waals surface area contributed by atoms with Crippen molar-refractivity contribution in [3.05, 3.63) is 106 Å². The average molecular weight is 590 g/mol. The van der Waals surface area contributed by atoms with Crippen molar-refractivity contribution in [2.24, 2.45) is 11.8 Å². The molecule has 5 nitrogen and oxygen atoms in total. The molecule has 4 aromatic rings. The second-order valence-corrected chi connectivity index (χ2v) is 13.0. The number of halogens is 1. The number of aromatic nitrogens is 1. The SMILES string of the molecule is CC(C)(O)c1ccccc1CCC(SCC(C(=O)O)C1CC1)c1cccc(OCc2ccc3ccc(Cl)cc3n2)c1. The number of aliphatic carboxylic acids is 1. The molecule has 0 spiro atoms. The molecule has 0 amide bonds. The molecule has 1 aliphatic rings. The molecular formula is C34H36ClNO4S. The molecule has 41 heavy (non-hydrogen) atoms. The van der Waals surface area contributed by atoms with Gasteiger partial charge in [-0.15, -0.1) is 0 Å². The van der Waals surface area contributed by atoms with E-state index in [0.29, 0.717) is 17.4 Å². The number of aryl methyl sites for hydroxylation is 1. The minimum absolute atomic E-state index is 0.0787. The van der Waals surface area contributed by atoms with Crippen LogP contribution in [-0.4, -0.2) is 26.9 Å². The Kier molecular flexibility index (Phi) is 9.22. The van der Waals surface area contributed by atoms with Gasteiger partial charge in [0.05, 0.1) is 22.7 Å². The van der Waals surface area contributed by atoms with Gasteiger partial charge in [0.1, 0.15) is 12.4 Å².